The van der Waals surface area contributed by atoms with Crippen molar-refractivity contribution in [2.24, 2.45) is 4.99 Å². The van der Waals surface area contributed by atoms with E-state index in [1.807, 2.05) is 25.1 Å². The van der Waals surface area contributed by atoms with E-state index < -0.39 is 11.7 Å². The fourth-order valence-electron chi connectivity index (χ4n) is 3.38. The van der Waals surface area contributed by atoms with Crippen LogP contribution in [0.15, 0.2) is 53.5 Å². The summed E-state index contributed by atoms with van der Waals surface area (Å²) >= 11 is 6.10. The molecule has 2 aromatic rings. The highest BCUT2D eigenvalue weighted by Gasteiger charge is 2.23. The van der Waals surface area contributed by atoms with E-state index in [0.717, 1.165) is 36.8 Å². The van der Waals surface area contributed by atoms with Gasteiger partial charge in [-0.1, -0.05) is 29.8 Å². The van der Waals surface area contributed by atoms with Gasteiger partial charge in [-0.25, -0.2) is 4.39 Å². The number of benzene rings is 2. The fourth-order valence-corrected chi connectivity index (χ4v) is 3.56. The van der Waals surface area contributed by atoms with Gasteiger partial charge in [0.2, 0.25) is 0 Å². The number of halogens is 2. The summed E-state index contributed by atoms with van der Waals surface area (Å²) in [5.41, 5.74) is 1.16. The topological polar surface area (TPSA) is 68.8 Å². The molecule has 2 aromatic carbocycles. The molecular weight excluding hydrogens is 405 g/mol. The van der Waals surface area contributed by atoms with Crippen LogP contribution >= 0.6 is 11.6 Å². The number of aliphatic imine (C=N–C) groups is 1. The molecule has 3 rings (SSSR count). The van der Waals surface area contributed by atoms with E-state index in [-0.39, 0.29) is 11.6 Å². The Balaban J connectivity index is 1.49. The summed E-state index contributed by atoms with van der Waals surface area (Å²) in [6, 6.07) is 14.1. The van der Waals surface area contributed by atoms with Gasteiger partial charge in [-0.05, 0) is 43.7 Å². The summed E-state index contributed by atoms with van der Waals surface area (Å²) in [6.45, 7) is 5.25. The smallest absolute Gasteiger partial charge is 0.254 e. The first-order valence-corrected chi connectivity index (χ1v) is 10.5. The average molecular weight is 432 g/mol. The monoisotopic (exact) mass is 431 g/mol. The lowest BCUT2D eigenvalue weighted by Gasteiger charge is -2.20. The van der Waals surface area contributed by atoms with Gasteiger partial charge in [-0.15, -0.1) is 0 Å². The lowest BCUT2D eigenvalue weighted by Crippen LogP contribution is -2.45. The maximum atomic E-state index is 13.7. The van der Waals surface area contributed by atoms with E-state index in [0.29, 0.717) is 19.0 Å². The third-order valence-corrected chi connectivity index (χ3v) is 5.07. The summed E-state index contributed by atoms with van der Waals surface area (Å²) in [7, 11) is 0. The molecule has 0 spiro atoms. The summed E-state index contributed by atoms with van der Waals surface area (Å²) in [5.74, 6) is -0.260. The molecule has 8 heteroatoms. The first-order valence-electron chi connectivity index (χ1n) is 10.1. The normalized spacial score (nSPS) is 16.4. The minimum atomic E-state index is -0.529. The van der Waals surface area contributed by atoms with E-state index >= 15 is 0 Å². The number of guanidine groups is 1. The van der Waals surface area contributed by atoms with Crippen LogP contribution < -0.4 is 20.9 Å². The van der Waals surface area contributed by atoms with Crippen molar-refractivity contribution >= 4 is 29.2 Å². The fraction of sp³-hybridized carbons (Fsp3) is 0.364. The number of amides is 1. The van der Waals surface area contributed by atoms with E-state index in [1.165, 1.54) is 12.1 Å². The van der Waals surface area contributed by atoms with Gasteiger partial charge < -0.3 is 20.9 Å². The van der Waals surface area contributed by atoms with Crippen molar-refractivity contribution < 1.29 is 9.18 Å². The van der Waals surface area contributed by atoms with E-state index in [1.54, 1.807) is 12.1 Å². The summed E-state index contributed by atoms with van der Waals surface area (Å²) in [6.07, 6.45) is 0.987. The summed E-state index contributed by atoms with van der Waals surface area (Å²) < 4.78 is 13.7. The van der Waals surface area contributed by atoms with Gasteiger partial charge in [0, 0.05) is 42.9 Å². The molecule has 30 heavy (non-hydrogen) atoms. The second-order valence-electron chi connectivity index (χ2n) is 7.05. The van der Waals surface area contributed by atoms with Crippen LogP contribution in [0.5, 0.6) is 0 Å². The highest BCUT2D eigenvalue weighted by Crippen LogP contribution is 2.23. The zero-order valence-corrected chi connectivity index (χ0v) is 17.8. The van der Waals surface area contributed by atoms with Crippen molar-refractivity contribution in [3.05, 3.63) is 64.9 Å². The van der Waals surface area contributed by atoms with Crippen LogP contribution in [-0.2, 0) is 0 Å². The van der Waals surface area contributed by atoms with E-state index in [4.69, 9.17) is 11.6 Å². The number of carbonyl (C=O) groups excluding carboxylic acids is 1. The van der Waals surface area contributed by atoms with Gasteiger partial charge >= 0.3 is 0 Å². The molecule has 1 atom stereocenters. The number of hydrogen-bond donors (Lipinski definition) is 3. The Labute approximate surface area is 181 Å². The molecule has 1 aliphatic heterocycles. The number of carbonyl (C=O) groups is 1. The third-order valence-electron chi connectivity index (χ3n) is 4.83. The van der Waals surface area contributed by atoms with Crippen molar-refractivity contribution in [2.75, 3.05) is 37.6 Å². The number of anilines is 1. The van der Waals surface area contributed by atoms with Crippen molar-refractivity contribution in [1.82, 2.24) is 16.0 Å². The Bertz CT molecular complexity index is 891. The summed E-state index contributed by atoms with van der Waals surface area (Å²) in [5, 5.41) is 10.1. The van der Waals surface area contributed by atoms with E-state index in [2.05, 4.69) is 31.9 Å². The molecule has 1 fully saturated rings. The Hall–Kier alpha value is -2.80. The zero-order chi connectivity index (χ0) is 21.3. The Morgan fingerprint density at radius 2 is 2.07 bits per heavy atom. The van der Waals surface area contributed by atoms with Crippen LogP contribution in [0.2, 0.25) is 5.02 Å². The number of hydrogen-bond acceptors (Lipinski definition) is 3. The standard InChI is InChI=1S/C22H27ClFN5O/c1-2-25-22(27-12-11-26-21(30)19-8-3-4-9-20(19)24)28-17-10-13-29(15-17)18-7-5-6-16(23)14-18/h3-9,14,17H,2,10-13,15H2,1H3,(H,26,30)(H2,25,27,28). The maximum Gasteiger partial charge on any atom is 0.254 e. The minimum Gasteiger partial charge on any atom is -0.369 e. The third kappa shape index (κ3) is 6.10. The lowest BCUT2D eigenvalue weighted by atomic mass is 10.2. The lowest BCUT2D eigenvalue weighted by molar-refractivity contribution is 0.0951. The van der Waals surface area contributed by atoms with Gasteiger partial charge in [-0.3, -0.25) is 9.79 Å². The molecule has 0 aromatic heterocycles. The molecule has 6 nitrogen and oxygen atoms in total. The Kier molecular flexibility index (Phi) is 7.90. The molecule has 3 N–H and O–H groups in total. The van der Waals surface area contributed by atoms with Crippen LogP contribution in [0.3, 0.4) is 0 Å². The van der Waals surface area contributed by atoms with Crippen LogP contribution in [0.25, 0.3) is 0 Å². The first-order chi connectivity index (χ1) is 14.6. The summed E-state index contributed by atoms with van der Waals surface area (Å²) in [4.78, 5) is 18.9. The predicted molar refractivity (Wildman–Crippen MR) is 120 cm³/mol. The van der Waals surface area contributed by atoms with Crippen LogP contribution in [-0.4, -0.2) is 50.6 Å². The predicted octanol–water partition coefficient (Wildman–Crippen LogP) is 3.04. The average Bonchev–Trinajstić information content (AvgIpc) is 3.20. The Morgan fingerprint density at radius 1 is 1.23 bits per heavy atom. The van der Waals surface area contributed by atoms with Crippen LogP contribution in [0.1, 0.15) is 23.7 Å². The zero-order valence-electron chi connectivity index (χ0n) is 17.0. The van der Waals surface area contributed by atoms with Crippen molar-refractivity contribution in [2.45, 2.75) is 19.4 Å². The quantitative estimate of drug-likeness (QED) is 0.358. The second kappa shape index (κ2) is 10.8. The van der Waals surface area contributed by atoms with E-state index in [9.17, 15) is 9.18 Å². The maximum absolute atomic E-state index is 13.7. The largest absolute Gasteiger partial charge is 0.369 e. The molecule has 1 amide bonds. The number of nitrogens with zero attached hydrogens (tertiary/aromatic N) is 2. The molecule has 0 radical (unpaired) electrons. The van der Waals surface area contributed by atoms with Crippen molar-refractivity contribution in [3.8, 4) is 0 Å². The first kappa shape index (κ1) is 21.9. The van der Waals surface area contributed by atoms with Gasteiger partial charge in [0.05, 0.1) is 12.1 Å². The molecule has 1 unspecified atom stereocenters. The van der Waals surface area contributed by atoms with Gasteiger partial charge in [-0.2, -0.15) is 0 Å². The molecule has 160 valence electrons. The highest BCUT2D eigenvalue weighted by molar-refractivity contribution is 6.30. The molecule has 0 bridgehead atoms. The van der Waals surface area contributed by atoms with Gasteiger partial charge in [0.15, 0.2) is 5.96 Å². The van der Waals surface area contributed by atoms with Crippen LogP contribution in [0, 0.1) is 5.82 Å². The molecule has 1 heterocycles. The van der Waals surface area contributed by atoms with Crippen molar-refractivity contribution in [1.29, 1.82) is 0 Å². The molecule has 1 saturated heterocycles. The minimum absolute atomic E-state index is 0.0403. The van der Waals surface area contributed by atoms with Gasteiger partial charge in [0.25, 0.3) is 5.91 Å². The SMILES string of the molecule is CCNC(=NCCNC(=O)c1ccccc1F)NC1CCN(c2cccc(Cl)c2)C1. The molecule has 0 saturated carbocycles. The Morgan fingerprint density at radius 3 is 2.83 bits per heavy atom. The van der Waals surface area contributed by atoms with Gasteiger partial charge in [0.1, 0.15) is 5.82 Å². The number of nitrogens with one attached hydrogen (secondary N) is 3. The molecule has 1 aliphatic rings. The van der Waals surface area contributed by atoms with Crippen molar-refractivity contribution in [3.63, 3.8) is 0 Å². The second-order valence-corrected chi connectivity index (χ2v) is 7.49. The molecular formula is C22H27ClFN5O. The van der Waals surface area contributed by atoms with Crippen LogP contribution in [0.4, 0.5) is 10.1 Å². The highest BCUT2D eigenvalue weighted by atomic mass is 35.5. The number of rotatable bonds is 7. The molecule has 0 aliphatic carbocycles.